The number of unbranched alkanes of at least 4 members (excludes halogenated alkanes) is 12. The van der Waals surface area contributed by atoms with Crippen LogP contribution in [0.2, 0.25) is 0 Å². The molecule has 0 bridgehead atoms. The quantitative estimate of drug-likeness (QED) is 0.309. The Morgan fingerprint density at radius 1 is 0.739 bits per heavy atom. The minimum atomic E-state index is -0.333. The second-order valence-electron chi connectivity index (χ2n) is 6.34. The van der Waals surface area contributed by atoms with Crippen molar-refractivity contribution in [2.24, 2.45) is 11.5 Å². The second-order valence-corrected chi connectivity index (χ2v) is 6.34. The van der Waals surface area contributed by atoms with E-state index in [1.165, 1.54) is 96.8 Å². The summed E-state index contributed by atoms with van der Waals surface area (Å²) in [5.74, 6) is -0.333. The highest BCUT2D eigenvalue weighted by Gasteiger charge is 1.90. The van der Waals surface area contributed by atoms with Gasteiger partial charge in [-0.2, -0.15) is 0 Å². The number of hydrogen-bond donors (Lipinski definition) is 2. The lowest BCUT2D eigenvalue weighted by molar-refractivity contribution is -0.115. The number of allylic oxidation sites excluding steroid dienone is 2. The molecule has 0 rings (SSSR count). The van der Waals surface area contributed by atoms with Crippen molar-refractivity contribution >= 4 is 5.91 Å². The molecule has 0 radical (unpaired) electrons. The highest BCUT2D eigenvalue weighted by molar-refractivity contribution is 5.70. The summed E-state index contributed by atoms with van der Waals surface area (Å²) in [7, 11) is 0. The average molecular weight is 327 g/mol. The predicted molar refractivity (Wildman–Crippen MR) is 103 cm³/mol. The maximum atomic E-state index is 9.22. The molecule has 0 saturated carbocycles. The molecule has 0 aliphatic rings. The number of hydrogen-bond acceptors (Lipinski definition) is 2. The van der Waals surface area contributed by atoms with Crippen LogP contribution in [0.3, 0.4) is 0 Å². The summed E-state index contributed by atoms with van der Waals surface area (Å²) in [5.41, 5.74) is 9.95. The summed E-state index contributed by atoms with van der Waals surface area (Å²) in [6.07, 6.45) is 23.9. The lowest BCUT2D eigenvalue weighted by atomic mass is 10.1. The summed E-state index contributed by atoms with van der Waals surface area (Å²) in [6.45, 7) is 4.45. The molecular weight excluding hydrogens is 284 g/mol. The van der Waals surface area contributed by atoms with E-state index in [1.807, 2.05) is 0 Å². The van der Waals surface area contributed by atoms with E-state index < -0.39 is 0 Å². The van der Waals surface area contributed by atoms with Crippen LogP contribution in [0.15, 0.2) is 12.2 Å². The first-order valence-electron chi connectivity index (χ1n) is 9.76. The summed E-state index contributed by atoms with van der Waals surface area (Å²) in [4.78, 5) is 9.22. The van der Waals surface area contributed by atoms with Crippen molar-refractivity contribution in [1.82, 2.24) is 0 Å². The molecule has 3 nitrogen and oxygen atoms in total. The molecule has 0 aromatic rings. The standard InChI is InChI=1S/C18H37N.C2H5NO/c1-2-3-4-5-6-7-8-9-10-11-12-13-14-15-16-17-18-19;1-2(3)4/h9-10H,2-8,11-19H2,1H3;1H3,(H2,3,4)/b10-9-;. The van der Waals surface area contributed by atoms with Gasteiger partial charge in [-0.15, -0.1) is 0 Å². The number of carbonyl (C=O) groups excluding carboxylic acids is 1. The molecule has 4 N–H and O–H groups in total. The van der Waals surface area contributed by atoms with Gasteiger partial charge in [0.2, 0.25) is 5.91 Å². The van der Waals surface area contributed by atoms with Gasteiger partial charge in [0.1, 0.15) is 0 Å². The first kappa shape index (κ1) is 24.4. The molecule has 0 aromatic carbocycles. The second kappa shape index (κ2) is 23.4. The van der Waals surface area contributed by atoms with Crippen molar-refractivity contribution in [2.75, 3.05) is 6.54 Å². The minimum Gasteiger partial charge on any atom is -0.370 e. The molecule has 0 saturated heterocycles. The maximum absolute atomic E-state index is 9.22. The summed E-state index contributed by atoms with van der Waals surface area (Å²) >= 11 is 0. The first-order chi connectivity index (χ1) is 11.1. The lowest BCUT2D eigenvalue weighted by Crippen LogP contribution is -2.01. The van der Waals surface area contributed by atoms with Crippen LogP contribution in [-0.4, -0.2) is 12.5 Å². The number of amides is 1. The number of primary amides is 1. The summed E-state index contributed by atoms with van der Waals surface area (Å²) in [5, 5.41) is 0. The molecule has 138 valence electrons. The van der Waals surface area contributed by atoms with Gasteiger partial charge in [-0.1, -0.05) is 76.9 Å². The first-order valence-corrected chi connectivity index (χ1v) is 9.76. The van der Waals surface area contributed by atoms with E-state index in [1.54, 1.807) is 0 Å². The molecule has 0 unspecified atom stereocenters. The number of nitrogens with two attached hydrogens (primary N) is 2. The fourth-order valence-corrected chi connectivity index (χ4v) is 2.39. The van der Waals surface area contributed by atoms with Gasteiger partial charge in [-0.25, -0.2) is 0 Å². The molecule has 0 aliphatic heterocycles. The van der Waals surface area contributed by atoms with E-state index in [0.29, 0.717) is 0 Å². The molecule has 23 heavy (non-hydrogen) atoms. The van der Waals surface area contributed by atoms with Crippen molar-refractivity contribution in [1.29, 1.82) is 0 Å². The van der Waals surface area contributed by atoms with Gasteiger partial charge in [0.25, 0.3) is 0 Å². The Hall–Kier alpha value is -0.830. The molecule has 3 heteroatoms. The Bertz CT molecular complexity index is 248. The lowest BCUT2D eigenvalue weighted by Gasteiger charge is -1.99. The van der Waals surface area contributed by atoms with Gasteiger partial charge in [-0.05, 0) is 38.6 Å². The highest BCUT2D eigenvalue weighted by atomic mass is 16.1. The summed E-state index contributed by atoms with van der Waals surface area (Å²) in [6, 6.07) is 0. The zero-order chi connectivity index (χ0) is 17.6. The van der Waals surface area contributed by atoms with Gasteiger partial charge in [0.05, 0.1) is 0 Å². The van der Waals surface area contributed by atoms with E-state index in [2.05, 4.69) is 24.8 Å². The molecule has 1 amide bonds. The average Bonchev–Trinajstić information content (AvgIpc) is 2.50. The molecule has 0 spiro atoms. The molecule has 0 heterocycles. The highest BCUT2D eigenvalue weighted by Crippen LogP contribution is 2.09. The van der Waals surface area contributed by atoms with Crippen LogP contribution in [0.25, 0.3) is 0 Å². The normalized spacial score (nSPS) is 10.6. The monoisotopic (exact) mass is 326 g/mol. The molecule has 0 aromatic heterocycles. The van der Waals surface area contributed by atoms with Crippen LogP contribution in [-0.2, 0) is 4.79 Å². The van der Waals surface area contributed by atoms with Crippen molar-refractivity contribution in [3.8, 4) is 0 Å². The van der Waals surface area contributed by atoms with Crippen molar-refractivity contribution in [3.05, 3.63) is 12.2 Å². The molecular formula is C20H42N2O. The van der Waals surface area contributed by atoms with Crippen molar-refractivity contribution in [2.45, 2.75) is 104 Å². The third-order valence-corrected chi connectivity index (χ3v) is 3.72. The third kappa shape index (κ3) is 33.8. The van der Waals surface area contributed by atoms with Gasteiger partial charge >= 0.3 is 0 Å². The Balaban J connectivity index is 0. The van der Waals surface area contributed by atoms with Crippen LogP contribution in [0.5, 0.6) is 0 Å². The Morgan fingerprint density at radius 2 is 1.09 bits per heavy atom. The van der Waals surface area contributed by atoms with Crippen LogP contribution in [0.4, 0.5) is 0 Å². The minimum absolute atomic E-state index is 0.333. The maximum Gasteiger partial charge on any atom is 0.214 e. The van der Waals surface area contributed by atoms with Crippen LogP contribution < -0.4 is 11.5 Å². The number of carbonyl (C=O) groups is 1. The summed E-state index contributed by atoms with van der Waals surface area (Å²) < 4.78 is 0. The Labute approximate surface area is 145 Å². The van der Waals surface area contributed by atoms with Crippen LogP contribution in [0, 0.1) is 0 Å². The van der Waals surface area contributed by atoms with Crippen molar-refractivity contribution in [3.63, 3.8) is 0 Å². The predicted octanol–water partition coefficient (Wildman–Crippen LogP) is 5.47. The Kier molecular flexibility index (Phi) is 24.9. The van der Waals surface area contributed by atoms with Gasteiger partial charge in [-0.3, -0.25) is 4.79 Å². The molecule has 0 fully saturated rings. The van der Waals surface area contributed by atoms with E-state index >= 15 is 0 Å². The number of rotatable bonds is 15. The fourth-order valence-electron chi connectivity index (χ4n) is 2.39. The van der Waals surface area contributed by atoms with E-state index in [4.69, 9.17) is 5.73 Å². The zero-order valence-electron chi connectivity index (χ0n) is 15.8. The van der Waals surface area contributed by atoms with Crippen LogP contribution >= 0.6 is 0 Å². The van der Waals surface area contributed by atoms with Gasteiger partial charge in [0, 0.05) is 6.92 Å². The zero-order valence-corrected chi connectivity index (χ0v) is 15.8. The van der Waals surface area contributed by atoms with E-state index in [0.717, 1.165) is 6.54 Å². The fraction of sp³-hybridized carbons (Fsp3) is 0.850. The van der Waals surface area contributed by atoms with Crippen molar-refractivity contribution < 1.29 is 4.79 Å². The van der Waals surface area contributed by atoms with Gasteiger partial charge < -0.3 is 11.5 Å². The smallest absolute Gasteiger partial charge is 0.214 e. The van der Waals surface area contributed by atoms with Crippen LogP contribution in [0.1, 0.15) is 104 Å². The molecule has 0 aliphatic carbocycles. The third-order valence-electron chi connectivity index (χ3n) is 3.72. The topological polar surface area (TPSA) is 69.1 Å². The SMILES string of the molecule is CC(N)=O.CCCCCCCC/C=C\CCCCCCCCN. The van der Waals surface area contributed by atoms with E-state index in [9.17, 15) is 4.79 Å². The van der Waals surface area contributed by atoms with Gasteiger partial charge in [0.15, 0.2) is 0 Å². The largest absolute Gasteiger partial charge is 0.370 e. The molecule has 0 atom stereocenters. The Morgan fingerprint density at radius 3 is 1.48 bits per heavy atom. The van der Waals surface area contributed by atoms with E-state index in [-0.39, 0.29) is 5.91 Å².